The number of fused-ring (bicyclic) bond motifs is 1. The van der Waals surface area contributed by atoms with Crippen LogP contribution in [-0.2, 0) is 13.0 Å². The molecule has 7 heteroatoms. The number of nitrogens with two attached hydrogens (primary N) is 1. The van der Waals surface area contributed by atoms with Gasteiger partial charge in [-0.2, -0.15) is 0 Å². The lowest BCUT2D eigenvalue weighted by Crippen LogP contribution is -2.05. The number of anilines is 1. The van der Waals surface area contributed by atoms with Gasteiger partial charge in [-0.25, -0.2) is 19.9 Å². The summed E-state index contributed by atoms with van der Waals surface area (Å²) < 4.78 is 2.32. The Morgan fingerprint density at radius 1 is 1.12 bits per heavy atom. The van der Waals surface area contributed by atoms with Crippen LogP contribution in [0.4, 0.5) is 5.82 Å². The molecule has 0 saturated heterocycles. The highest BCUT2D eigenvalue weighted by molar-refractivity contribution is 7.99. The number of nitrogen functional groups attached to an aromatic ring is 1. The Labute approximate surface area is 152 Å². The molecule has 0 radical (unpaired) electrons. The number of imidazole rings is 1. The van der Waals surface area contributed by atoms with Gasteiger partial charge in [0.2, 0.25) is 0 Å². The number of thioether (sulfide) groups is 1. The Morgan fingerprint density at radius 2 is 1.88 bits per heavy atom. The molecule has 2 N–H and O–H groups in total. The molecule has 0 bridgehead atoms. The smallest absolute Gasteiger partial charge is 0.187 e. The number of nitrogens with zero attached hydrogens (tertiary/aromatic N) is 5. The standard InChI is InChI=1S/C18H24N6S/c1-4-14-23-15-16(12(2)13(3)22-17(15)19)24(14)10-5-6-11-25-18-20-8-7-9-21-18/h7-9H,4-6,10-11H2,1-3H3,(H2,19,22). The van der Waals surface area contributed by atoms with Crippen molar-refractivity contribution in [3.05, 3.63) is 35.5 Å². The molecule has 0 aromatic carbocycles. The average molecular weight is 356 g/mol. The van der Waals surface area contributed by atoms with Gasteiger partial charge in [0, 0.05) is 36.8 Å². The van der Waals surface area contributed by atoms with E-state index in [0.717, 1.165) is 59.3 Å². The number of aromatic nitrogens is 5. The van der Waals surface area contributed by atoms with Gasteiger partial charge < -0.3 is 10.3 Å². The van der Waals surface area contributed by atoms with Gasteiger partial charge in [-0.05, 0) is 38.3 Å². The Kier molecular flexibility index (Phi) is 5.53. The van der Waals surface area contributed by atoms with Crippen molar-refractivity contribution >= 4 is 28.6 Å². The number of hydrogen-bond donors (Lipinski definition) is 1. The second-order valence-electron chi connectivity index (χ2n) is 6.02. The van der Waals surface area contributed by atoms with Crippen molar-refractivity contribution < 1.29 is 0 Å². The van der Waals surface area contributed by atoms with E-state index in [1.807, 2.05) is 13.0 Å². The molecule has 0 aliphatic rings. The molecule has 0 atom stereocenters. The van der Waals surface area contributed by atoms with E-state index in [0.29, 0.717) is 5.82 Å². The van der Waals surface area contributed by atoms with Crippen LogP contribution in [0.5, 0.6) is 0 Å². The topological polar surface area (TPSA) is 82.5 Å². The first-order valence-corrected chi connectivity index (χ1v) is 9.62. The van der Waals surface area contributed by atoms with Gasteiger partial charge in [0.1, 0.15) is 11.3 Å². The predicted octanol–water partition coefficient (Wildman–Crippen LogP) is 3.56. The van der Waals surface area contributed by atoms with Crippen molar-refractivity contribution in [3.8, 4) is 0 Å². The summed E-state index contributed by atoms with van der Waals surface area (Å²) in [7, 11) is 0. The minimum atomic E-state index is 0.531. The highest BCUT2D eigenvalue weighted by Gasteiger charge is 2.16. The molecule has 6 nitrogen and oxygen atoms in total. The van der Waals surface area contributed by atoms with Crippen LogP contribution in [0.2, 0.25) is 0 Å². The van der Waals surface area contributed by atoms with Gasteiger partial charge in [0.25, 0.3) is 0 Å². The normalized spacial score (nSPS) is 11.3. The Hall–Kier alpha value is -2.15. The fourth-order valence-corrected chi connectivity index (χ4v) is 3.75. The minimum Gasteiger partial charge on any atom is -0.382 e. The van der Waals surface area contributed by atoms with Crippen LogP contribution in [-0.4, -0.2) is 30.3 Å². The van der Waals surface area contributed by atoms with Crippen LogP contribution in [0, 0.1) is 13.8 Å². The quantitative estimate of drug-likeness (QED) is 0.396. The first-order chi connectivity index (χ1) is 12.1. The molecule has 0 aliphatic carbocycles. The zero-order valence-electron chi connectivity index (χ0n) is 15.0. The molecule has 0 spiro atoms. The summed E-state index contributed by atoms with van der Waals surface area (Å²) in [6.07, 6.45) is 6.64. The number of pyridine rings is 1. The maximum Gasteiger partial charge on any atom is 0.187 e. The second-order valence-corrected chi connectivity index (χ2v) is 7.09. The third kappa shape index (κ3) is 3.76. The molecule has 3 heterocycles. The van der Waals surface area contributed by atoms with E-state index in [2.05, 4.69) is 33.4 Å². The van der Waals surface area contributed by atoms with Crippen molar-refractivity contribution in [1.82, 2.24) is 24.5 Å². The summed E-state index contributed by atoms with van der Waals surface area (Å²) in [5.74, 6) is 2.62. The molecule has 3 aromatic rings. The maximum absolute atomic E-state index is 6.10. The van der Waals surface area contributed by atoms with Gasteiger partial charge in [0.05, 0.1) is 5.52 Å². The average Bonchev–Trinajstić information content (AvgIpc) is 3.00. The summed E-state index contributed by atoms with van der Waals surface area (Å²) in [5, 5.41) is 0.843. The van der Waals surface area contributed by atoms with Gasteiger partial charge in [0.15, 0.2) is 11.0 Å². The maximum atomic E-state index is 6.10. The highest BCUT2D eigenvalue weighted by Crippen LogP contribution is 2.26. The largest absolute Gasteiger partial charge is 0.382 e. The molecular weight excluding hydrogens is 332 g/mol. The Morgan fingerprint density at radius 3 is 2.60 bits per heavy atom. The van der Waals surface area contributed by atoms with Crippen LogP contribution in [0.1, 0.15) is 36.8 Å². The van der Waals surface area contributed by atoms with E-state index in [-0.39, 0.29) is 0 Å². The number of unbranched alkanes of at least 4 members (excludes halogenated alkanes) is 1. The molecule has 0 amide bonds. The summed E-state index contributed by atoms with van der Waals surface area (Å²) in [4.78, 5) is 17.6. The Balaban J connectivity index is 1.70. The molecule has 25 heavy (non-hydrogen) atoms. The monoisotopic (exact) mass is 356 g/mol. The van der Waals surface area contributed by atoms with Crippen molar-refractivity contribution in [3.63, 3.8) is 0 Å². The highest BCUT2D eigenvalue weighted by atomic mass is 32.2. The lowest BCUT2D eigenvalue weighted by molar-refractivity contribution is 0.621. The van der Waals surface area contributed by atoms with Gasteiger partial charge in [-0.15, -0.1) is 0 Å². The van der Waals surface area contributed by atoms with Crippen LogP contribution in [0.15, 0.2) is 23.6 Å². The zero-order valence-corrected chi connectivity index (χ0v) is 15.8. The fraction of sp³-hybridized carbons (Fsp3) is 0.444. The van der Waals surface area contributed by atoms with Crippen LogP contribution < -0.4 is 5.73 Å². The molecule has 0 saturated carbocycles. The summed E-state index contributed by atoms with van der Waals surface area (Å²) in [6, 6.07) is 1.84. The summed E-state index contributed by atoms with van der Waals surface area (Å²) in [5.41, 5.74) is 10.2. The van der Waals surface area contributed by atoms with E-state index in [9.17, 15) is 0 Å². The van der Waals surface area contributed by atoms with E-state index in [4.69, 9.17) is 10.7 Å². The fourth-order valence-electron chi connectivity index (χ4n) is 2.95. The third-order valence-corrected chi connectivity index (χ3v) is 5.30. The molecular formula is C18H24N6S. The molecule has 0 fully saturated rings. The van der Waals surface area contributed by atoms with E-state index in [1.165, 1.54) is 5.56 Å². The zero-order chi connectivity index (χ0) is 17.8. The van der Waals surface area contributed by atoms with Crippen molar-refractivity contribution in [2.24, 2.45) is 0 Å². The third-order valence-electron chi connectivity index (χ3n) is 4.34. The van der Waals surface area contributed by atoms with Crippen LogP contribution in [0.25, 0.3) is 11.0 Å². The van der Waals surface area contributed by atoms with Gasteiger partial charge in [-0.1, -0.05) is 18.7 Å². The molecule has 132 valence electrons. The van der Waals surface area contributed by atoms with Crippen LogP contribution in [0.3, 0.4) is 0 Å². The second kappa shape index (κ2) is 7.82. The van der Waals surface area contributed by atoms with Gasteiger partial charge in [-0.3, -0.25) is 0 Å². The Bertz CT molecular complexity index is 859. The first-order valence-electron chi connectivity index (χ1n) is 8.63. The summed E-state index contributed by atoms with van der Waals surface area (Å²) >= 11 is 1.70. The summed E-state index contributed by atoms with van der Waals surface area (Å²) in [6.45, 7) is 7.18. The van der Waals surface area contributed by atoms with Crippen molar-refractivity contribution in [2.45, 2.75) is 51.7 Å². The van der Waals surface area contributed by atoms with Gasteiger partial charge >= 0.3 is 0 Å². The minimum absolute atomic E-state index is 0.531. The molecule has 3 aromatic heterocycles. The SMILES string of the molecule is CCc1nc2c(N)nc(C)c(C)c2n1CCCCSc1ncccn1. The molecule has 3 rings (SSSR count). The van der Waals surface area contributed by atoms with Crippen LogP contribution >= 0.6 is 11.8 Å². The van der Waals surface area contributed by atoms with Crippen molar-refractivity contribution in [1.29, 1.82) is 0 Å². The van der Waals surface area contributed by atoms with E-state index >= 15 is 0 Å². The lowest BCUT2D eigenvalue weighted by Gasteiger charge is -2.11. The van der Waals surface area contributed by atoms with E-state index in [1.54, 1.807) is 24.2 Å². The lowest BCUT2D eigenvalue weighted by atomic mass is 10.2. The first kappa shape index (κ1) is 17.7. The number of rotatable bonds is 7. The molecule has 0 aliphatic heterocycles. The van der Waals surface area contributed by atoms with Crippen molar-refractivity contribution in [2.75, 3.05) is 11.5 Å². The molecule has 0 unspecified atom stereocenters. The van der Waals surface area contributed by atoms with E-state index < -0.39 is 0 Å². The predicted molar refractivity (Wildman–Crippen MR) is 103 cm³/mol. The number of aryl methyl sites for hydroxylation is 4. The number of hydrogen-bond acceptors (Lipinski definition) is 6.